The van der Waals surface area contributed by atoms with Gasteiger partial charge in [-0.05, 0) is 55.3 Å². The van der Waals surface area contributed by atoms with Crippen molar-refractivity contribution in [2.45, 2.75) is 31.8 Å². The predicted molar refractivity (Wildman–Crippen MR) is 147 cm³/mol. The Hall–Kier alpha value is -4.29. The summed E-state index contributed by atoms with van der Waals surface area (Å²) >= 11 is 12.7. The number of nitriles is 1. The first-order valence-electron chi connectivity index (χ1n) is 12.3. The molecule has 1 fully saturated rings. The summed E-state index contributed by atoms with van der Waals surface area (Å²) in [6.45, 7) is 0.722. The molecule has 0 aliphatic carbocycles. The fourth-order valence-electron chi connectivity index (χ4n) is 4.20. The molecule has 0 unspecified atom stereocenters. The normalized spacial score (nSPS) is 13.6. The van der Waals surface area contributed by atoms with Gasteiger partial charge in [0, 0.05) is 42.1 Å². The number of amides is 1. The summed E-state index contributed by atoms with van der Waals surface area (Å²) in [5, 5.41) is 21.0. The van der Waals surface area contributed by atoms with Gasteiger partial charge in [0.2, 0.25) is 5.88 Å². The maximum atomic E-state index is 13.4. The molecule has 1 saturated heterocycles. The second kappa shape index (κ2) is 13.2. The molecule has 4 rings (SSSR count). The molecule has 11 nitrogen and oxygen atoms in total. The van der Waals surface area contributed by atoms with E-state index in [1.165, 1.54) is 7.11 Å². The molecule has 0 saturated carbocycles. The largest absolute Gasteiger partial charge is 0.480 e. The molecule has 0 radical (unpaired) electrons. The third kappa shape index (κ3) is 6.82. The molecule has 206 valence electrons. The summed E-state index contributed by atoms with van der Waals surface area (Å²) in [5.74, 6) is 6.00. The van der Waals surface area contributed by atoms with Crippen LogP contribution in [0.3, 0.4) is 0 Å². The smallest absolute Gasteiger partial charge is 0.294 e. The third-order valence-electron chi connectivity index (χ3n) is 6.07. The molecule has 0 atom stereocenters. The van der Waals surface area contributed by atoms with Gasteiger partial charge >= 0.3 is 0 Å². The quantitative estimate of drug-likeness (QED) is 0.173. The van der Waals surface area contributed by atoms with Crippen LogP contribution in [0.4, 0.5) is 0 Å². The van der Waals surface area contributed by atoms with Gasteiger partial charge in [-0.25, -0.2) is 9.99 Å². The highest BCUT2D eigenvalue weighted by molar-refractivity contribution is 6.36. The Morgan fingerprint density at radius 1 is 1.20 bits per heavy atom. The number of aromatic nitrogens is 2. The Bertz CT molecular complexity index is 1500. The van der Waals surface area contributed by atoms with Crippen LogP contribution >= 0.6 is 23.2 Å². The molecular weight excluding hydrogens is 559 g/mol. The zero-order valence-electron chi connectivity index (χ0n) is 21.4. The third-order valence-corrected chi connectivity index (χ3v) is 6.62. The Kier molecular flexibility index (Phi) is 9.46. The molecule has 1 aliphatic rings. The lowest BCUT2D eigenvalue weighted by atomic mass is 10.1. The molecule has 40 heavy (non-hydrogen) atoms. The summed E-state index contributed by atoms with van der Waals surface area (Å²) in [6.07, 6.45) is 1.08. The lowest BCUT2D eigenvalue weighted by Gasteiger charge is -2.30. The van der Waals surface area contributed by atoms with Crippen molar-refractivity contribution in [3.63, 3.8) is 0 Å². The molecule has 1 N–H and O–H groups in total. The standard InChI is InChI=1S/C27H24Cl2N6O5/c1-39-27-24(26(36)32-33-15-12-21(13-16-33)40-35(37)38)31-25(22-11-8-19(28)17-23(22)29)34(27)20-9-6-18(7-10-20)5-3-2-4-14-30/h6-11,17,21H,2,4,12-13,15-16H2,1H3,(H,32,36). The van der Waals surface area contributed by atoms with Gasteiger partial charge in [-0.15, -0.1) is 10.1 Å². The Labute approximate surface area is 240 Å². The van der Waals surface area contributed by atoms with Crippen molar-refractivity contribution in [1.82, 2.24) is 20.0 Å². The van der Waals surface area contributed by atoms with Crippen LogP contribution in [0.2, 0.25) is 10.0 Å². The van der Waals surface area contributed by atoms with Crippen molar-refractivity contribution in [2.24, 2.45) is 0 Å². The van der Waals surface area contributed by atoms with Gasteiger partial charge in [-0.2, -0.15) is 5.26 Å². The number of carbonyl (C=O) groups is 1. The topological polar surface area (TPSA) is 136 Å². The number of imidazole rings is 1. The number of rotatable bonds is 8. The molecule has 1 amide bonds. The van der Waals surface area contributed by atoms with Crippen molar-refractivity contribution in [3.05, 3.63) is 73.9 Å². The van der Waals surface area contributed by atoms with Crippen LogP contribution < -0.4 is 10.2 Å². The van der Waals surface area contributed by atoms with E-state index in [2.05, 4.69) is 33.2 Å². The van der Waals surface area contributed by atoms with E-state index in [4.69, 9.17) is 33.2 Å². The Morgan fingerprint density at radius 3 is 2.55 bits per heavy atom. The first-order valence-corrected chi connectivity index (χ1v) is 13.0. The van der Waals surface area contributed by atoms with Crippen LogP contribution in [0.15, 0.2) is 42.5 Å². The number of nitrogens with one attached hydrogen (secondary N) is 1. The van der Waals surface area contributed by atoms with Crippen LogP contribution in [0.5, 0.6) is 5.88 Å². The van der Waals surface area contributed by atoms with Crippen molar-refractivity contribution in [2.75, 3.05) is 20.2 Å². The van der Waals surface area contributed by atoms with E-state index >= 15 is 0 Å². The fraction of sp³-hybridized carbons (Fsp3) is 0.296. The van der Waals surface area contributed by atoms with E-state index in [1.54, 1.807) is 27.8 Å². The fourth-order valence-corrected chi connectivity index (χ4v) is 4.69. The number of nitrogens with zero attached hydrogens (tertiary/aromatic N) is 5. The second-order valence-electron chi connectivity index (χ2n) is 8.72. The number of benzene rings is 2. The first-order chi connectivity index (χ1) is 19.3. The zero-order chi connectivity index (χ0) is 28.6. The van der Waals surface area contributed by atoms with E-state index in [9.17, 15) is 14.9 Å². The van der Waals surface area contributed by atoms with E-state index in [-0.39, 0.29) is 11.6 Å². The van der Waals surface area contributed by atoms with Crippen molar-refractivity contribution < 1.29 is 19.5 Å². The van der Waals surface area contributed by atoms with Crippen LogP contribution in [-0.2, 0) is 4.84 Å². The summed E-state index contributed by atoms with van der Waals surface area (Å²) < 4.78 is 7.36. The van der Waals surface area contributed by atoms with Crippen molar-refractivity contribution >= 4 is 29.1 Å². The summed E-state index contributed by atoms with van der Waals surface area (Å²) in [6, 6.07) is 14.3. The lowest BCUT2D eigenvalue weighted by Crippen LogP contribution is -2.48. The van der Waals surface area contributed by atoms with Gasteiger partial charge in [0.15, 0.2) is 5.69 Å². The first kappa shape index (κ1) is 28.7. The molecule has 1 aromatic heterocycles. The van der Waals surface area contributed by atoms with Gasteiger partial charge in [-0.3, -0.25) is 14.8 Å². The Balaban J connectivity index is 1.68. The molecular formula is C27H24Cl2N6O5. The van der Waals surface area contributed by atoms with Crippen molar-refractivity contribution in [3.8, 4) is 40.9 Å². The highest BCUT2D eigenvalue weighted by Gasteiger charge is 2.29. The van der Waals surface area contributed by atoms with Crippen LogP contribution in [0.1, 0.15) is 41.7 Å². The van der Waals surface area contributed by atoms with Gasteiger partial charge in [-0.1, -0.05) is 35.0 Å². The highest BCUT2D eigenvalue weighted by Crippen LogP contribution is 2.36. The average Bonchev–Trinajstić information content (AvgIpc) is 3.32. The van der Waals surface area contributed by atoms with Gasteiger partial charge in [0.05, 0.1) is 23.9 Å². The van der Waals surface area contributed by atoms with Gasteiger partial charge in [0.25, 0.3) is 11.0 Å². The summed E-state index contributed by atoms with van der Waals surface area (Å²) in [4.78, 5) is 33.3. The minimum atomic E-state index is -0.798. The molecule has 2 heterocycles. The number of hydrazine groups is 1. The minimum Gasteiger partial charge on any atom is -0.480 e. The Morgan fingerprint density at radius 2 is 1.93 bits per heavy atom. The van der Waals surface area contributed by atoms with Crippen LogP contribution in [-0.4, -0.2) is 51.9 Å². The molecule has 1 aliphatic heterocycles. The lowest BCUT2D eigenvalue weighted by molar-refractivity contribution is -0.769. The zero-order valence-corrected chi connectivity index (χ0v) is 22.9. The number of halogens is 2. The number of hydrogen-bond acceptors (Lipinski definition) is 8. The minimum absolute atomic E-state index is 0.0209. The van der Waals surface area contributed by atoms with Crippen molar-refractivity contribution in [1.29, 1.82) is 5.26 Å². The monoisotopic (exact) mass is 582 g/mol. The number of hydrogen-bond donors (Lipinski definition) is 1. The number of ether oxygens (including phenoxy) is 1. The van der Waals surface area contributed by atoms with Crippen LogP contribution in [0.25, 0.3) is 17.1 Å². The number of piperidine rings is 1. The average molecular weight is 583 g/mol. The SMILES string of the molecule is COc1c(C(=O)NN2CCC(O[N+](=O)[O-])CC2)nc(-c2ccc(Cl)cc2Cl)n1-c1ccc(C#CCCC#N)cc1. The highest BCUT2D eigenvalue weighted by atomic mass is 35.5. The van der Waals surface area contributed by atoms with Crippen LogP contribution in [0, 0.1) is 33.3 Å². The van der Waals surface area contributed by atoms with E-state index in [0.29, 0.717) is 65.9 Å². The molecule has 0 bridgehead atoms. The molecule has 3 aromatic rings. The van der Waals surface area contributed by atoms with E-state index in [0.717, 1.165) is 5.56 Å². The number of carbonyl (C=O) groups excluding carboxylic acids is 1. The number of unbranched alkanes of at least 4 members (excludes halogenated alkanes) is 1. The number of methoxy groups -OCH3 is 1. The second-order valence-corrected chi connectivity index (χ2v) is 9.56. The summed E-state index contributed by atoms with van der Waals surface area (Å²) in [7, 11) is 1.44. The molecule has 0 spiro atoms. The van der Waals surface area contributed by atoms with Gasteiger partial charge in [0.1, 0.15) is 11.9 Å². The van der Waals surface area contributed by atoms with Gasteiger partial charge < -0.3 is 9.57 Å². The van der Waals surface area contributed by atoms with E-state index < -0.39 is 17.1 Å². The molecule has 2 aromatic carbocycles. The molecule has 13 heteroatoms. The maximum Gasteiger partial charge on any atom is 0.294 e. The summed E-state index contributed by atoms with van der Waals surface area (Å²) in [5.41, 5.74) is 4.76. The predicted octanol–water partition coefficient (Wildman–Crippen LogP) is 4.83. The van der Waals surface area contributed by atoms with E-state index in [1.807, 2.05) is 24.3 Å². The maximum absolute atomic E-state index is 13.4.